The molecule has 3 aromatic rings. The van der Waals surface area contributed by atoms with E-state index in [1.807, 2.05) is 36.4 Å². The summed E-state index contributed by atoms with van der Waals surface area (Å²) in [6.45, 7) is 7.71. The summed E-state index contributed by atoms with van der Waals surface area (Å²) in [5, 5.41) is 0. The summed E-state index contributed by atoms with van der Waals surface area (Å²) in [4.78, 5) is 13.3. The van der Waals surface area contributed by atoms with Gasteiger partial charge in [0.2, 0.25) is 5.91 Å². The van der Waals surface area contributed by atoms with E-state index in [1.165, 1.54) is 5.82 Å². The number of rotatable bonds is 7. The highest BCUT2D eigenvalue weighted by Gasteiger charge is 2.51. The van der Waals surface area contributed by atoms with Crippen molar-refractivity contribution < 1.29 is 9.36 Å². The van der Waals surface area contributed by atoms with Crippen LogP contribution in [0.4, 0.5) is 0 Å². The Balaban J connectivity index is 1.73. The van der Waals surface area contributed by atoms with Crippen molar-refractivity contribution in [2.75, 3.05) is 0 Å². The second-order valence-electron chi connectivity index (χ2n) is 9.37. The zero-order chi connectivity index (χ0) is 22.0. The van der Waals surface area contributed by atoms with Crippen LogP contribution in [0.5, 0.6) is 0 Å². The van der Waals surface area contributed by atoms with Crippen molar-refractivity contribution in [3.8, 4) is 0 Å². The molecule has 4 heteroatoms. The summed E-state index contributed by atoms with van der Waals surface area (Å²) in [5.41, 5.74) is 7.42. The molecule has 2 aromatic carbocycles. The number of hydrogen-bond donors (Lipinski definition) is 1. The number of hydrogen-bond acceptors (Lipinski definition) is 1. The third-order valence-corrected chi connectivity index (χ3v) is 7.02. The van der Waals surface area contributed by atoms with E-state index in [0.717, 1.165) is 36.9 Å². The summed E-state index contributed by atoms with van der Waals surface area (Å²) in [7, 11) is 0. The molecule has 1 heterocycles. The first-order chi connectivity index (χ1) is 14.9. The van der Waals surface area contributed by atoms with E-state index < -0.39 is 5.41 Å². The van der Waals surface area contributed by atoms with E-state index >= 15 is 0 Å². The lowest BCUT2D eigenvalue weighted by Gasteiger charge is -2.37. The molecular formula is C27H34N3O+. The van der Waals surface area contributed by atoms with E-state index in [-0.39, 0.29) is 11.8 Å². The zero-order valence-electron chi connectivity index (χ0n) is 18.9. The Kier molecular flexibility index (Phi) is 5.99. The van der Waals surface area contributed by atoms with Crippen LogP contribution in [-0.4, -0.2) is 10.5 Å². The molecule has 1 fully saturated rings. The van der Waals surface area contributed by atoms with E-state index in [2.05, 4.69) is 66.6 Å². The molecule has 2 atom stereocenters. The number of imidazole rings is 1. The van der Waals surface area contributed by atoms with Gasteiger partial charge in [-0.15, -0.1) is 0 Å². The standard InChI is InChI=1S/C27H33N3O/c1-20(2)19-29-16-17-30(21(29)3)25-15-14-24(18-25)27(26(28)31,22-10-6-4-7-11-22)23-12-8-5-9-13-23/h4-13,16-17,20,24-25H,14-15,18-19H2,1-3H3,(H-,28,31)/p+1/t24-,25+/m0/s1. The van der Waals surface area contributed by atoms with E-state index in [1.54, 1.807) is 0 Å². The minimum Gasteiger partial charge on any atom is -0.369 e. The maximum Gasteiger partial charge on any atom is 0.253 e. The Bertz CT molecular complexity index is 984. The van der Waals surface area contributed by atoms with Crippen LogP contribution in [0.1, 0.15) is 56.1 Å². The maximum absolute atomic E-state index is 13.3. The van der Waals surface area contributed by atoms with Crippen LogP contribution >= 0.6 is 0 Å². The van der Waals surface area contributed by atoms with Gasteiger partial charge in [-0.3, -0.25) is 4.79 Å². The number of nitrogens with two attached hydrogens (primary N) is 1. The fourth-order valence-electron chi connectivity index (χ4n) is 5.62. The van der Waals surface area contributed by atoms with Crippen LogP contribution in [0.15, 0.2) is 73.1 Å². The van der Waals surface area contributed by atoms with Gasteiger partial charge in [0.1, 0.15) is 23.9 Å². The van der Waals surface area contributed by atoms with E-state index in [9.17, 15) is 4.79 Å². The summed E-state index contributed by atoms with van der Waals surface area (Å²) in [6, 6.07) is 20.6. The summed E-state index contributed by atoms with van der Waals surface area (Å²) >= 11 is 0. The van der Waals surface area contributed by atoms with Gasteiger partial charge in [-0.2, -0.15) is 0 Å². The van der Waals surface area contributed by atoms with Crippen molar-refractivity contribution in [3.05, 3.63) is 90.0 Å². The van der Waals surface area contributed by atoms with Gasteiger partial charge in [0.15, 0.2) is 0 Å². The Labute approximate surface area is 185 Å². The molecule has 0 unspecified atom stereocenters. The van der Waals surface area contributed by atoms with Crippen LogP contribution in [-0.2, 0) is 16.8 Å². The van der Waals surface area contributed by atoms with Crippen LogP contribution in [0.25, 0.3) is 0 Å². The quantitative estimate of drug-likeness (QED) is 0.564. The second kappa shape index (κ2) is 8.70. The van der Waals surface area contributed by atoms with Crippen molar-refractivity contribution in [2.45, 2.75) is 58.0 Å². The lowest BCUT2D eigenvalue weighted by Crippen LogP contribution is -2.47. The molecule has 0 aliphatic heterocycles. The van der Waals surface area contributed by atoms with Crippen molar-refractivity contribution in [1.82, 2.24) is 4.57 Å². The van der Waals surface area contributed by atoms with Crippen LogP contribution in [0, 0.1) is 18.8 Å². The molecule has 1 amide bonds. The molecule has 4 rings (SSSR count). The number of primary amides is 1. The van der Waals surface area contributed by atoms with Gasteiger partial charge in [-0.1, -0.05) is 74.5 Å². The van der Waals surface area contributed by atoms with Gasteiger partial charge >= 0.3 is 0 Å². The highest BCUT2D eigenvalue weighted by molar-refractivity contribution is 5.91. The van der Waals surface area contributed by atoms with Gasteiger partial charge < -0.3 is 5.73 Å². The molecular weight excluding hydrogens is 382 g/mol. The van der Waals surface area contributed by atoms with Crippen LogP contribution in [0.3, 0.4) is 0 Å². The number of amides is 1. The van der Waals surface area contributed by atoms with Gasteiger partial charge in [-0.05, 0) is 42.2 Å². The molecule has 1 saturated carbocycles. The first-order valence-electron chi connectivity index (χ1n) is 11.4. The molecule has 31 heavy (non-hydrogen) atoms. The number of benzene rings is 2. The van der Waals surface area contributed by atoms with Gasteiger partial charge in [0.05, 0.1) is 6.54 Å². The summed E-state index contributed by atoms with van der Waals surface area (Å²) in [6.07, 6.45) is 7.36. The number of aromatic nitrogens is 2. The SMILES string of the molecule is Cc1n([C@@H]2CC[C@H](C(C(N)=O)(c3ccccc3)c3ccccc3)C2)cc[n+]1CC(C)C. The molecule has 0 bridgehead atoms. The molecule has 0 spiro atoms. The molecule has 0 saturated heterocycles. The molecule has 1 aliphatic rings. The van der Waals surface area contributed by atoms with E-state index in [0.29, 0.717) is 12.0 Å². The second-order valence-corrected chi connectivity index (χ2v) is 9.37. The van der Waals surface area contributed by atoms with Gasteiger partial charge in [-0.25, -0.2) is 9.13 Å². The van der Waals surface area contributed by atoms with E-state index in [4.69, 9.17) is 5.73 Å². The Morgan fingerprint density at radius 2 is 1.65 bits per heavy atom. The largest absolute Gasteiger partial charge is 0.369 e. The first kappa shape index (κ1) is 21.4. The molecule has 4 nitrogen and oxygen atoms in total. The average Bonchev–Trinajstić information content (AvgIpc) is 3.37. The Morgan fingerprint density at radius 3 is 2.16 bits per heavy atom. The Morgan fingerprint density at radius 1 is 1.06 bits per heavy atom. The monoisotopic (exact) mass is 416 g/mol. The fourth-order valence-corrected chi connectivity index (χ4v) is 5.62. The van der Waals surface area contributed by atoms with Crippen molar-refractivity contribution in [3.63, 3.8) is 0 Å². The average molecular weight is 417 g/mol. The topological polar surface area (TPSA) is 51.9 Å². The smallest absolute Gasteiger partial charge is 0.253 e. The predicted molar refractivity (Wildman–Crippen MR) is 123 cm³/mol. The van der Waals surface area contributed by atoms with Crippen molar-refractivity contribution in [2.24, 2.45) is 17.6 Å². The lowest BCUT2D eigenvalue weighted by atomic mass is 9.64. The third-order valence-electron chi connectivity index (χ3n) is 7.02. The normalized spacial score (nSPS) is 19.1. The highest BCUT2D eigenvalue weighted by atomic mass is 16.1. The van der Waals surface area contributed by atoms with Crippen molar-refractivity contribution in [1.29, 1.82) is 0 Å². The van der Waals surface area contributed by atoms with Gasteiger partial charge in [0.25, 0.3) is 5.82 Å². The zero-order valence-corrected chi connectivity index (χ0v) is 18.9. The fraction of sp³-hybridized carbons (Fsp3) is 0.407. The lowest BCUT2D eigenvalue weighted by molar-refractivity contribution is -0.707. The summed E-state index contributed by atoms with van der Waals surface area (Å²) in [5.74, 6) is 1.78. The van der Waals surface area contributed by atoms with Gasteiger partial charge in [0, 0.05) is 6.92 Å². The molecule has 2 N–H and O–H groups in total. The van der Waals surface area contributed by atoms with Crippen molar-refractivity contribution >= 4 is 5.91 Å². The molecule has 1 aromatic heterocycles. The van der Waals surface area contributed by atoms with Crippen LogP contribution in [0.2, 0.25) is 0 Å². The number of carbonyl (C=O) groups is 1. The Hall–Kier alpha value is -2.88. The molecule has 0 radical (unpaired) electrons. The predicted octanol–water partition coefficient (Wildman–Crippen LogP) is 4.55. The maximum atomic E-state index is 13.3. The highest BCUT2D eigenvalue weighted by Crippen LogP contribution is 2.49. The minimum atomic E-state index is -0.813. The number of nitrogens with zero attached hydrogens (tertiary/aromatic N) is 2. The third kappa shape index (κ3) is 3.80. The minimum absolute atomic E-state index is 0.153. The number of carbonyl (C=O) groups excluding carboxylic acids is 1. The molecule has 162 valence electrons. The summed E-state index contributed by atoms with van der Waals surface area (Å²) < 4.78 is 4.75. The first-order valence-corrected chi connectivity index (χ1v) is 11.4. The van der Waals surface area contributed by atoms with Crippen LogP contribution < -0.4 is 10.3 Å². The molecule has 1 aliphatic carbocycles.